The van der Waals surface area contributed by atoms with Gasteiger partial charge in [-0.3, -0.25) is 9.80 Å². The van der Waals surface area contributed by atoms with E-state index in [4.69, 9.17) is 4.74 Å². The molecule has 1 aromatic heterocycles. The van der Waals surface area contributed by atoms with E-state index in [1.807, 2.05) is 31.3 Å². The number of ether oxygens (including phenoxy) is 1. The molecule has 2 N–H and O–H groups in total. The number of H-pyrrole nitrogens is 1. The number of carboxylic acids is 1. The lowest BCUT2D eigenvalue weighted by molar-refractivity contribution is 0.0504. The van der Waals surface area contributed by atoms with E-state index < -0.39 is 12.4 Å². The first-order chi connectivity index (χ1) is 15.9. The lowest BCUT2D eigenvalue weighted by Gasteiger charge is -2.42. The van der Waals surface area contributed by atoms with Crippen LogP contribution in [0.25, 0.3) is 10.9 Å². The number of alkyl halides is 2. The molecule has 176 valence electrons. The number of methoxy groups -OCH3 is 1. The molecule has 2 aromatic carbocycles. The van der Waals surface area contributed by atoms with Gasteiger partial charge in [0.2, 0.25) is 6.43 Å². The van der Waals surface area contributed by atoms with Gasteiger partial charge in [-0.15, -0.1) is 0 Å². The highest BCUT2D eigenvalue weighted by Gasteiger charge is 2.30. The first kappa shape index (κ1) is 23.2. The third-order valence-corrected chi connectivity index (χ3v) is 6.47. The number of aryl methyl sites for hydroxylation is 1. The number of benzene rings is 2. The van der Waals surface area contributed by atoms with Gasteiger partial charge in [0, 0.05) is 67.8 Å². The molecule has 1 aliphatic heterocycles. The van der Waals surface area contributed by atoms with Crippen LogP contribution in [0.2, 0.25) is 0 Å². The van der Waals surface area contributed by atoms with Crippen molar-refractivity contribution in [1.29, 1.82) is 0 Å². The van der Waals surface area contributed by atoms with E-state index in [0.717, 1.165) is 33.3 Å². The zero-order chi connectivity index (χ0) is 23.5. The van der Waals surface area contributed by atoms with Crippen LogP contribution in [0.1, 0.15) is 39.5 Å². The number of carboxylic acid groups (broad SMARTS) is 1. The predicted octanol–water partition coefficient (Wildman–Crippen LogP) is 4.70. The SMILES string of the molecule is COc1cc(C)c2[nH]ccc2c1CN1CCN(CCC(F)F)C[C@H]1c1ccc(C(=O)O)cc1. The summed E-state index contributed by atoms with van der Waals surface area (Å²) in [7, 11) is 1.67. The van der Waals surface area contributed by atoms with Crippen molar-refractivity contribution < 1.29 is 23.4 Å². The van der Waals surface area contributed by atoms with Crippen LogP contribution in [0.4, 0.5) is 8.78 Å². The molecule has 0 saturated carbocycles. The van der Waals surface area contributed by atoms with Gasteiger partial charge in [0.1, 0.15) is 5.75 Å². The lowest BCUT2D eigenvalue weighted by atomic mass is 9.98. The van der Waals surface area contributed by atoms with Crippen LogP contribution in [0.5, 0.6) is 5.75 Å². The predicted molar refractivity (Wildman–Crippen MR) is 123 cm³/mol. The van der Waals surface area contributed by atoms with E-state index in [2.05, 4.69) is 20.9 Å². The first-order valence-corrected chi connectivity index (χ1v) is 11.1. The highest BCUT2D eigenvalue weighted by atomic mass is 19.3. The van der Waals surface area contributed by atoms with E-state index >= 15 is 0 Å². The van der Waals surface area contributed by atoms with Crippen molar-refractivity contribution in [1.82, 2.24) is 14.8 Å². The molecule has 33 heavy (non-hydrogen) atoms. The smallest absolute Gasteiger partial charge is 0.335 e. The lowest BCUT2D eigenvalue weighted by Crippen LogP contribution is -2.48. The largest absolute Gasteiger partial charge is 0.496 e. The van der Waals surface area contributed by atoms with Gasteiger partial charge in [-0.2, -0.15) is 0 Å². The number of aromatic carboxylic acids is 1. The Hall–Kier alpha value is -2.97. The second-order valence-electron chi connectivity index (χ2n) is 8.53. The van der Waals surface area contributed by atoms with Crippen molar-refractivity contribution in [3.63, 3.8) is 0 Å². The maximum Gasteiger partial charge on any atom is 0.335 e. The summed E-state index contributed by atoms with van der Waals surface area (Å²) in [6, 6.07) is 10.9. The van der Waals surface area contributed by atoms with Gasteiger partial charge in [-0.25, -0.2) is 13.6 Å². The third-order valence-electron chi connectivity index (χ3n) is 6.47. The number of hydrogen-bond acceptors (Lipinski definition) is 4. The molecule has 0 radical (unpaired) electrons. The third kappa shape index (κ3) is 5.02. The van der Waals surface area contributed by atoms with Crippen LogP contribution < -0.4 is 4.74 Å². The number of carbonyl (C=O) groups is 1. The van der Waals surface area contributed by atoms with Crippen molar-refractivity contribution >= 4 is 16.9 Å². The number of aromatic nitrogens is 1. The Kier molecular flexibility index (Phi) is 6.95. The number of rotatable bonds is 8. The van der Waals surface area contributed by atoms with E-state index in [1.165, 1.54) is 0 Å². The summed E-state index contributed by atoms with van der Waals surface area (Å²) in [4.78, 5) is 19.0. The Morgan fingerprint density at radius 3 is 2.67 bits per heavy atom. The summed E-state index contributed by atoms with van der Waals surface area (Å²) in [6.45, 7) is 5.01. The van der Waals surface area contributed by atoms with E-state index in [0.29, 0.717) is 32.7 Å². The molecular formula is C25H29F2N3O3. The number of hydrogen-bond donors (Lipinski definition) is 2. The summed E-state index contributed by atoms with van der Waals surface area (Å²) in [5.41, 5.74) is 4.45. The minimum Gasteiger partial charge on any atom is -0.496 e. The number of nitrogens with zero attached hydrogens (tertiary/aromatic N) is 2. The van der Waals surface area contributed by atoms with Gasteiger partial charge in [-0.05, 0) is 42.3 Å². The zero-order valence-electron chi connectivity index (χ0n) is 18.9. The summed E-state index contributed by atoms with van der Waals surface area (Å²) in [6.07, 6.45) is -0.555. The zero-order valence-corrected chi connectivity index (χ0v) is 18.9. The van der Waals surface area contributed by atoms with Gasteiger partial charge in [0.25, 0.3) is 0 Å². The van der Waals surface area contributed by atoms with Crippen molar-refractivity contribution in [3.05, 3.63) is 64.8 Å². The van der Waals surface area contributed by atoms with Crippen LogP contribution >= 0.6 is 0 Å². The normalized spacial score (nSPS) is 17.7. The van der Waals surface area contributed by atoms with Crippen molar-refractivity contribution in [2.24, 2.45) is 0 Å². The summed E-state index contributed by atoms with van der Waals surface area (Å²) < 4.78 is 31.4. The fourth-order valence-electron chi connectivity index (χ4n) is 4.70. The molecule has 1 aliphatic rings. The maximum atomic E-state index is 12.8. The molecule has 0 unspecified atom stereocenters. The monoisotopic (exact) mass is 457 g/mol. The molecule has 6 nitrogen and oxygen atoms in total. The fourth-order valence-corrected chi connectivity index (χ4v) is 4.70. The first-order valence-electron chi connectivity index (χ1n) is 11.1. The van der Waals surface area contributed by atoms with Gasteiger partial charge >= 0.3 is 5.97 Å². The van der Waals surface area contributed by atoms with Gasteiger partial charge in [-0.1, -0.05) is 12.1 Å². The summed E-state index contributed by atoms with van der Waals surface area (Å²) in [5.74, 6) is -0.153. The van der Waals surface area contributed by atoms with E-state index in [9.17, 15) is 18.7 Å². The van der Waals surface area contributed by atoms with Crippen LogP contribution in [-0.2, 0) is 6.54 Å². The number of piperazine rings is 1. The average molecular weight is 458 g/mol. The Balaban J connectivity index is 1.66. The van der Waals surface area contributed by atoms with Crippen LogP contribution in [0.15, 0.2) is 42.6 Å². The molecular weight excluding hydrogens is 428 g/mol. The molecule has 8 heteroatoms. The molecule has 0 amide bonds. The van der Waals surface area contributed by atoms with Crippen molar-refractivity contribution in [3.8, 4) is 5.75 Å². The Bertz CT molecular complexity index is 1110. The summed E-state index contributed by atoms with van der Waals surface area (Å²) in [5, 5.41) is 10.4. The Morgan fingerprint density at radius 1 is 1.24 bits per heavy atom. The average Bonchev–Trinajstić information content (AvgIpc) is 3.30. The minimum atomic E-state index is -2.32. The molecule has 0 spiro atoms. The molecule has 1 saturated heterocycles. The highest BCUT2D eigenvalue weighted by Crippen LogP contribution is 2.35. The second kappa shape index (κ2) is 9.89. The van der Waals surface area contributed by atoms with Gasteiger partial charge in [0.05, 0.1) is 12.7 Å². The van der Waals surface area contributed by atoms with Gasteiger partial charge in [0.15, 0.2) is 0 Å². The van der Waals surface area contributed by atoms with Crippen LogP contribution in [-0.4, -0.2) is 65.6 Å². The van der Waals surface area contributed by atoms with Gasteiger partial charge < -0.3 is 14.8 Å². The quantitative estimate of drug-likeness (QED) is 0.513. The van der Waals surface area contributed by atoms with Crippen molar-refractivity contribution in [2.75, 3.05) is 33.3 Å². The van der Waals surface area contributed by atoms with E-state index in [-0.39, 0.29) is 18.0 Å². The molecule has 3 aromatic rings. The number of halogens is 2. The number of nitrogens with one attached hydrogen (secondary N) is 1. The number of fused-ring (bicyclic) bond motifs is 1. The maximum absolute atomic E-state index is 12.8. The summed E-state index contributed by atoms with van der Waals surface area (Å²) >= 11 is 0. The minimum absolute atomic E-state index is 0.0562. The molecule has 1 fully saturated rings. The standard InChI is InChI=1S/C25H29F2N3O3/c1-16-13-22(33-2)20(19-7-9-28-24(16)19)14-30-12-11-29(10-8-23(26)27)15-21(30)17-3-5-18(6-4-17)25(31)32/h3-7,9,13,21,23,28H,8,10-12,14-15H2,1-2H3,(H,31,32)/t21-/m0/s1. The molecule has 0 bridgehead atoms. The molecule has 0 aliphatic carbocycles. The topological polar surface area (TPSA) is 68.8 Å². The molecule has 2 heterocycles. The number of aromatic amines is 1. The van der Waals surface area contributed by atoms with Crippen LogP contribution in [0.3, 0.4) is 0 Å². The Morgan fingerprint density at radius 2 is 2.00 bits per heavy atom. The highest BCUT2D eigenvalue weighted by molar-refractivity contribution is 5.88. The molecule has 1 atom stereocenters. The van der Waals surface area contributed by atoms with Crippen molar-refractivity contribution in [2.45, 2.75) is 32.4 Å². The van der Waals surface area contributed by atoms with Crippen LogP contribution in [0, 0.1) is 6.92 Å². The van der Waals surface area contributed by atoms with E-state index in [1.54, 1.807) is 19.2 Å². The Labute approximate surface area is 191 Å². The second-order valence-corrected chi connectivity index (χ2v) is 8.53. The fraction of sp³-hybridized carbons (Fsp3) is 0.400. The molecule has 4 rings (SSSR count).